The fourth-order valence-corrected chi connectivity index (χ4v) is 4.20. The second-order valence-electron chi connectivity index (χ2n) is 8.72. The number of hydrogen-bond acceptors (Lipinski definition) is 7. The van der Waals surface area contributed by atoms with Gasteiger partial charge in [-0.15, -0.1) is 0 Å². The number of methoxy groups -OCH3 is 1. The third-order valence-corrected chi connectivity index (χ3v) is 6.36. The number of hydrogen-bond donors (Lipinski definition) is 1. The average molecular weight is 460 g/mol. The van der Waals surface area contributed by atoms with Crippen molar-refractivity contribution in [3.8, 4) is 11.5 Å². The van der Waals surface area contributed by atoms with E-state index in [1.54, 1.807) is 18.5 Å². The highest BCUT2D eigenvalue weighted by molar-refractivity contribution is 5.95. The van der Waals surface area contributed by atoms with Crippen LogP contribution in [0.3, 0.4) is 0 Å². The van der Waals surface area contributed by atoms with Crippen molar-refractivity contribution < 1.29 is 19.0 Å². The van der Waals surface area contributed by atoms with Crippen LogP contribution in [0.5, 0.6) is 11.5 Å². The lowest BCUT2D eigenvalue weighted by Gasteiger charge is -2.28. The van der Waals surface area contributed by atoms with E-state index in [0.717, 1.165) is 47.7 Å². The number of benzene rings is 2. The van der Waals surface area contributed by atoms with Crippen LogP contribution in [0.15, 0.2) is 60.9 Å². The summed E-state index contributed by atoms with van der Waals surface area (Å²) >= 11 is 0. The Kier molecular flexibility index (Phi) is 6.25. The molecule has 176 valence electrons. The van der Waals surface area contributed by atoms with Gasteiger partial charge >= 0.3 is 5.97 Å². The van der Waals surface area contributed by atoms with Gasteiger partial charge in [-0.25, -0.2) is 4.79 Å². The van der Waals surface area contributed by atoms with Crippen LogP contribution in [0.1, 0.15) is 41.1 Å². The Bertz CT molecular complexity index is 1160. The quantitative estimate of drug-likeness (QED) is 0.467. The highest BCUT2D eigenvalue weighted by Gasteiger charge is 2.24. The van der Waals surface area contributed by atoms with E-state index in [1.165, 1.54) is 7.11 Å². The topological polar surface area (TPSA) is 72.9 Å². The molecule has 1 fully saturated rings. The second-order valence-corrected chi connectivity index (χ2v) is 8.72. The van der Waals surface area contributed by atoms with Crippen molar-refractivity contribution in [2.45, 2.75) is 31.3 Å². The van der Waals surface area contributed by atoms with Gasteiger partial charge in [-0.05, 0) is 61.2 Å². The van der Waals surface area contributed by atoms with Crippen molar-refractivity contribution in [3.05, 3.63) is 72.1 Å². The molecule has 2 aliphatic rings. The van der Waals surface area contributed by atoms with Crippen LogP contribution in [0.25, 0.3) is 0 Å². The van der Waals surface area contributed by atoms with E-state index in [4.69, 9.17) is 14.2 Å². The molecule has 0 amide bonds. The highest BCUT2D eigenvalue weighted by atomic mass is 16.5. The number of carbonyl (C=O) groups excluding carboxylic acids is 1. The van der Waals surface area contributed by atoms with E-state index in [9.17, 15) is 4.79 Å². The van der Waals surface area contributed by atoms with Gasteiger partial charge in [-0.1, -0.05) is 6.07 Å². The Balaban J connectivity index is 1.29. The molecule has 7 heteroatoms. The van der Waals surface area contributed by atoms with Crippen LogP contribution in [0.4, 0.5) is 17.1 Å². The van der Waals surface area contributed by atoms with Gasteiger partial charge in [0.25, 0.3) is 0 Å². The third-order valence-electron chi connectivity index (χ3n) is 6.36. The largest absolute Gasteiger partial charge is 0.493 e. The molecule has 1 saturated carbocycles. The van der Waals surface area contributed by atoms with Crippen LogP contribution >= 0.6 is 0 Å². The molecule has 0 bridgehead atoms. The molecule has 0 saturated heterocycles. The molecule has 2 aromatic carbocycles. The van der Waals surface area contributed by atoms with Gasteiger partial charge in [0.2, 0.25) is 0 Å². The summed E-state index contributed by atoms with van der Waals surface area (Å²) in [5.41, 5.74) is 4.46. The van der Waals surface area contributed by atoms with Crippen molar-refractivity contribution in [1.82, 2.24) is 4.98 Å². The molecule has 1 aliphatic heterocycles. The number of pyridine rings is 1. The smallest absolute Gasteiger partial charge is 0.340 e. The summed E-state index contributed by atoms with van der Waals surface area (Å²) in [5.74, 6) is 1.70. The molecule has 0 spiro atoms. The van der Waals surface area contributed by atoms with Gasteiger partial charge < -0.3 is 24.4 Å². The van der Waals surface area contributed by atoms with Crippen molar-refractivity contribution in [2.24, 2.45) is 0 Å². The number of rotatable bonds is 8. The van der Waals surface area contributed by atoms with Crippen LogP contribution < -0.4 is 19.7 Å². The van der Waals surface area contributed by atoms with Crippen molar-refractivity contribution in [1.29, 1.82) is 0 Å². The number of nitrogens with one attached hydrogen (secondary N) is 1. The summed E-state index contributed by atoms with van der Waals surface area (Å²) in [6, 6.07) is 16.2. The Labute approximate surface area is 199 Å². The predicted molar refractivity (Wildman–Crippen MR) is 132 cm³/mol. The van der Waals surface area contributed by atoms with E-state index in [2.05, 4.69) is 52.6 Å². The molecule has 2 heterocycles. The predicted octanol–water partition coefficient (Wildman–Crippen LogP) is 5.16. The van der Waals surface area contributed by atoms with E-state index in [1.807, 2.05) is 12.1 Å². The van der Waals surface area contributed by atoms with Crippen LogP contribution in [0, 0.1) is 0 Å². The van der Waals surface area contributed by atoms with Crippen LogP contribution in [-0.4, -0.2) is 44.4 Å². The lowest BCUT2D eigenvalue weighted by molar-refractivity contribution is 0.0601. The first-order valence-corrected chi connectivity index (χ1v) is 11.7. The molecule has 1 N–H and O–H groups in total. The van der Waals surface area contributed by atoms with Gasteiger partial charge in [0.15, 0.2) is 0 Å². The molecule has 7 nitrogen and oxygen atoms in total. The number of nitrogens with zero attached hydrogens (tertiary/aromatic N) is 2. The van der Waals surface area contributed by atoms with E-state index in [0.29, 0.717) is 30.5 Å². The fraction of sp³-hybridized carbons (Fsp3) is 0.333. The first-order valence-electron chi connectivity index (χ1n) is 11.7. The van der Waals surface area contributed by atoms with E-state index in [-0.39, 0.29) is 11.9 Å². The summed E-state index contributed by atoms with van der Waals surface area (Å²) in [7, 11) is 3.43. The maximum atomic E-state index is 12.0. The number of esters is 1. The number of aromatic nitrogens is 1. The highest BCUT2D eigenvalue weighted by Crippen LogP contribution is 2.38. The number of ether oxygens (including phenoxy) is 3. The first-order chi connectivity index (χ1) is 16.6. The Hall–Kier alpha value is -3.74. The monoisotopic (exact) mass is 459 g/mol. The maximum Gasteiger partial charge on any atom is 0.340 e. The summed E-state index contributed by atoms with van der Waals surface area (Å²) in [4.78, 5) is 18.3. The average Bonchev–Trinajstić information content (AvgIpc) is 3.71. The summed E-state index contributed by atoms with van der Waals surface area (Å²) < 4.78 is 16.8. The van der Waals surface area contributed by atoms with Gasteiger partial charge in [0.1, 0.15) is 11.5 Å². The molecule has 0 radical (unpaired) electrons. The summed E-state index contributed by atoms with van der Waals surface area (Å²) in [6.07, 6.45) is 6.85. The van der Waals surface area contributed by atoms with Crippen molar-refractivity contribution in [2.75, 3.05) is 37.5 Å². The molecule has 3 aromatic rings. The van der Waals surface area contributed by atoms with E-state index >= 15 is 0 Å². The first kappa shape index (κ1) is 22.1. The number of carbonyl (C=O) groups is 1. The zero-order valence-electron chi connectivity index (χ0n) is 19.5. The molecule has 1 atom stereocenters. The zero-order valence-corrected chi connectivity index (χ0v) is 19.5. The van der Waals surface area contributed by atoms with Gasteiger partial charge in [0, 0.05) is 43.1 Å². The Morgan fingerprint density at radius 1 is 1.12 bits per heavy atom. The fourth-order valence-electron chi connectivity index (χ4n) is 4.20. The van der Waals surface area contributed by atoms with Crippen LogP contribution in [-0.2, 0) is 4.74 Å². The lowest BCUT2D eigenvalue weighted by atomic mass is 9.92. The van der Waals surface area contributed by atoms with Gasteiger partial charge in [-0.3, -0.25) is 4.98 Å². The normalized spacial score (nSPS) is 16.7. The lowest BCUT2D eigenvalue weighted by Crippen LogP contribution is -2.22. The summed E-state index contributed by atoms with van der Waals surface area (Å²) in [6.45, 7) is 1.32. The molecule has 5 rings (SSSR count). The molecule has 1 aliphatic carbocycles. The molecule has 0 unspecified atom stereocenters. The standard InChI is InChI=1S/C27H29N3O4/c1-30(19-3-6-21(7-4-19)34-22-8-9-22)20-5-10-23-18(12-14-33-26(23)15-20)16-29-25-17-28-13-11-24(25)27(31)32-2/h3-7,10-11,13,15,17-18,22,29H,8-9,12,14,16H2,1-2H3/t18-/m0/s1. The molecule has 1 aromatic heterocycles. The van der Waals surface area contributed by atoms with Gasteiger partial charge in [0.05, 0.1) is 37.3 Å². The second kappa shape index (κ2) is 9.63. The minimum absolute atomic E-state index is 0.257. The third kappa shape index (κ3) is 4.78. The maximum absolute atomic E-state index is 12.0. The molecular formula is C27H29N3O4. The van der Waals surface area contributed by atoms with Crippen molar-refractivity contribution in [3.63, 3.8) is 0 Å². The van der Waals surface area contributed by atoms with Crippen LogP contribution in [0.2, 0.25) is 0 Å². The molecular weight excluding hydrogens is 430 g/mol. The van der Waals surface area contributed by atoms with Gasteiger partial charge in [-0.2, -0.15) is 0 Å². The molecule has 34 heavy (non-hydrogen) atoms. The Morgan fingerprint density at radius 3 is 2.68 bits per heavy atom. The van der Waals surface area contributed by atoms with E-state index < -0.39 is 0 Å². The van der Waals surface area contributed by atoms with Crippen molar-refractivity contribution >= 4 is 23.0 Å². The minimum atomic E-state index is -0.378. The minimum Gasteiger partial charge on any atom is -0.493 e. The number of fused-ring (bicyclic) bond motifs is 1. The summed E-state index contributed by atoms with van der Waals surface area (Å²) in [5, 5.41) is 3.38. The number of anilines is 3. The Morgan fingerprint density at radius 2 is 1.91 bits per heavy atom. The zero-order chi connectivity index (χ0) is 23.5. The SMILES string of the molecule is COC(=O)c1ccncc1NC[C@@H]1CCOc2cc(N(C)c3ccc(OC4CC4)cc3)ccc21.